The Morgan fingerprint density at radius 1 is 1.17 bits per heavy atom. The molecule has 0 spiro atoms. The zero-order chi connectivity index (χ0) is 9.40. The van der Waals surface area contributed by atoms with Gasteiger partial charge in [-0.3, -0.25) is 4.99 Å². The van der Waals surface area contributed by atoms with Crippen LogP contribution in [-0.4, -0.2) is 12.8 Å². The zero-order valence-electron chi connectivity index (χ0n) is 7.91. The van der Waals surface area contributed by atoms with Crippen LogP contribution in [0.3, 0.4) is 0 Å². The molecule has 2 nitrogen and oxygen atoms in total. The van der Waals surface area contributed by atoms with Crippen molar-refractivity contribution < 1.29 is 0 Å². The second-order valence-corrected chi connectivity index (χ2v) is 2.23. The highest BCUT2D eigenvalue weighted by atomic mass is 14.7. The lowest BCUT2D eigenvalue weighted by atomic mass is 10.1. The predicted molar refractivity (Wildman–Crippen MR) is 55.3 cm³/mol. The number of rotatable bonds is 3. The molecule has 0 saturated heterocycles. The van der Waals surface area contributed by atoms with Crippen molar-refractivity contribution in [3.63, 3.8) is 0 Å². The maximum atomic E-state index is 5.44. The Hall–Kier alpha value is -1.31. The second-order valence-electron chi connectivity index (χ2n) is 2.23. The van der Waals surface area contributed by atoms with E-state index in [0.29, 0.717) is 0 Å². The van der Waals surface area contributed by atoms with Gasteiger partial charge in [-0.25, -0.2) is 0 Å². The molecule has 0 unspecified atom stereocenters. The van der Waals surface area contributed by atoms with E-state index in [9.17, 15) is 0 Å². The average Bonchev–Trinajstić information content (AvgIpc) is 2.11. The molecular formula is C10H16N2. The van der Waals surface area contributed by atoms with Crippen LogP contribution in [0.4, 0.5) is 0 Å². The van der Waals surface area contributed by atoms with Gasteiger partial charge in [0.2, 0.25) is 0 Å². The number of hydrogen-bond acceptors (Lipinski definition) is 2. The highest BCUT2D eigenvalue weighted by Gasteiger charge is 1.95. The fraction of sp³-hybridized carbons (Fsp3) is 0.300. The van der Waals surface area contributed by atoms with Crippen molar-refractivity contribution in [1.82, 2.24) is 0 Å². The molecule has 0 aliphatic heterocycles. The molecule has 0 atom stereocenters. The molecule has 0 fully saturated rings. The second kappa shape index (κ2) is 6.40. The van der Waals surface area contributed by atoms with Gasteiger partial charge in [0.15, 0.2) is 0 Å². The van der Waals surface area contributed by atoms with Crippen LogP contribution in [0.25, 0.3) is 0 Å². The first-order chi connectivity index (χ1) is 5.79. The highest BCUT2D eigenvalue weighted by Crippen LogP contribution is 2.00. The van der Waals surface area contributed by atoms with Crippen LogP contribution >= 0.6 is 0 Å². The molecule has 0 aromatic rings. The summed E-state index contributed by atoms with van der Waals surface area (Å²) in [5.74, 6) is 0. The fourth-order valence-electron chi connectivity index (χ4n) is 0.864. The molecular weight excluding hydrogens is 148 g/mol. The molecule has 0 radical (unpaired) electrons. The molecule has 0 aromatic heterocycles. The minimum atomic E-state index is 0.901. The van der Waals surface area contributed by atoms with Crippen LogP contribution in [0.1, 0.15) is 13.8 Å². The van der Waals surface area contributed by atoms with E-state index in [0.717, 1.165) is 11.3 Å². The normalized spacial score (nSPS) is 14.9. The third kappa shape index (κ3) is 3.19. The predicted octanol–water partition coefficient (Wildman–Crippen LogP) is 2.05. The first-order valence-corrected chi connectivity index (χ1v) is 3.94. The minimum Gasteiger partial charge on any atom is -0.404 e. The van der Waals surface area contributed by atoms with Gasteiger partial charge >= 0.3 is 0 Å². The van der Waals surface area contributed by atoms with E-state index in [1.165, 1.54) is 0 Å². The summed E-state index contributed by atoms with van der Waals surface area (Å²) in [5.41, 5.74) is 7.28. The smallest absolute Gasteiger partial charge is 0.0654 e. The molecule has 0 bridgehead atoms. The number of hydrogen-bond donors (Lipinski definition) is 1. The molecule has 0 heterocycles. The van der Waals surface area contributed by atoms with Gasteiger partial charge in [-0.1, -0.05) is 18.2 Å². The van der Waals surface area contributed by atoms with E-state index in [1.807, 2.05) is 38.2 Å². The Bertz CT molecular complexity index is 206. The van der Waals surface area contributed by atoms with Crippen LogP contribution in [0.2, 0.25) is 0 Å². The molecule has 0 aromatic carbocycles. The van der Waals surface area contributed by atoms with Crippen molar-refractivity contribution in [2.24, 2.45) is 10.7 Å². The zero-order valence-corrected chi connectivity index (χ0v) is 7.91. The largest absolute Gasteiger partial charge is 0.404 e. The lowest BCUT2D eigenvalue weighted by Crippen LogP contribution is -1.99. The first kappa shape index (κ1) is 10.7. The molecule has 2 N–H and O–H groups in total. The van der Waals surface area contributed by atoms with Gasteiger partial charge in [0.1, 0.15) is 0 Å². The lowest BCUT2D eigenvalue weighted by molar-refractivity contribution is 1.42. The minimum absolute atomic E-state index is 0.901. The molecule has 0 saturated carbocycles. The van der Waals surface area contributed by atoms with Gasteiger partial charge in [0, 0.05) is 18.8 Å². The number of nitrogens with two attached hydrogens (primary N) is 1. The third-order valence-electron chi connectivity index (χ3n) is 1.39. The van der Waals surface area contributed by atoms with Gasteiger partial charge in [-0.15, -0.1) is 0 Å². The summed E-state index contributed by atoms with van der Waals surface area (Å²) in [6, 6.07) is 0. The lowest BCUT2D eigenvalue weighted by Gasteiger charge is -1.99. The Morgan fingerprint density at radius 2 is 1.75 bits per heavy atom. The summed E-state index contributed by atoms with van der Waals surface area (Å²) in [5, 5.41) is 0. The van der Waals surface area contributed by atoms with Gasteiger partial charge in [-0.05, 0) is 19.9 Å². The molecule has 0 rings (SSSR count). The van der Waals surface area contributed by atoms with Crippen molar-refractivity contribution in [3.05, 3.63) is 36.1 Å². The molecule has 12 heavy (non-hydrogen) atoms. The highest BCUT2D eigenvalue weighted by molar-refractivity contribution is 6.10. The van der Waals surface area contributed by atoms with Crippen LogP contribution in [0, 0.1) is 0 Å². The van der Waals surface area contributed by atoms with Gasteiger partial charge in [0.05, 0.1) is 5.71 Å². The van der Waals surface area contributed by atoms with E-state index >= 15 is 0 Å². The van der Waals surface area contributed by atoms with E-state index in [2.05, 4.69) is 4.99 Å². The Balaban J connectivity index is 4.71. The maximum Gasteiger partial charge on any atom is 0.0654 e. The molecule has 0 aliphatic carbocycles. The van der Waals surface area contributed by atoms with E-state index in [-0.39, 0.29) is 0 Å². The van der Waals surface area contributed by atoms with Crippen LogP contribution in [0.15, 0.2) is 41.1 Å². The van der Waals surface area contributed by atoms with Crippen molar-refractivity contribution in [1.29, 1.82) is 0 Å². The van der Waals surface area contributed by atoms with Crippen molar-refractivity contribution in [3.8, 4) is 0 Å². The standard InChI is InChI=1S/C10H16N2/c1-4-6-9(8-11)10(12-3)7-5-2/h4-8H,11H2,1-3H3/b6-4-,7-5-,9-8-,12-10?. The topological polar surface area (TPSA) is 38.4 Å². The first-order valence-electron chi connectivity index (χ1n) is 3.94. The number of aliphatic imine (C=N–C) groups is 1. The third-order valence-corrected chi connectivity index (χ3v) is 1.39. The molecule has 2 heteroatoms. The van der Waals surface area contributed by atoms with Crippen molar-refractivity contribution in [2.75, 3.05) is 7.05 Å². The molecule has 0 amide bonds. The van der Waals surface area contributed by atoms with Crippen molar-refractivity contribution in [2.45, 2.75) is 13.8 Å². The monoisotopic (exact) mass is 164 g/mol. The SMILES string of the molecule is C/C=C\C(=NC)C(/C=C\C)=C\N. The van der Waals surface area contributed by atoms with Crippen LogP contribution in [-0.2, 0) is 0 Å². The summed E-state index contributed by atoms with van der Waals surface area (Å²) >= 11 is 0. The molecule has 66 valence electrons. The number of allylic oxidation sites excluding steroid dienone is 5. The summed E-state index contributed by atoms with van der Waals surface area (Å²) in [6.07, 6.45) is 9.30. The summed E-state index contributed by atoms with van der Waals surface area (Å²) < 4.78 is 0. The van der Waals surface area contributed by atoms with Crippen LogP contribution in [0.5, 0.6) is 0 Å². The van der Waals surface area contributed by atoms with Crippen LogP contribution < -0.4 is 5.73 Å². The van der Waals surface area contributed by atoms with Crippen molar-refractivity contribution >= 4 is 5.71 Å². The average molecular weight is 164 g/mol. The van der Waals surface area contributed by atoms with E-state index in [1.54, 1.807) is 13.2 Å². The Kier molecular flexibility index (Phi) is 5.70. The maximum absolute atomic E-state index is 5.44. The fourth-order valence-corrected chi connectivity index (χ4v) is 0.864. The summed E-state index contributed by atoms with van der Waals surface area (Å²) in [7, 11) is 1.75. The van der Waals surface area contributed by atoms with E-state index < -0.39 is 0 Å². The number of nitrogens with zero attached hydrogens (tertiary/aromatic N) is 1. The Labute approximate surface area is 74.2 Å². The summed E-state index contributed by atoms with van der Waals surface area (Å²) in [6.45, 7) is 3.90. The van der Waals surface area contributed by atoms with Gasteiger partial charge in [0.25, 0.3) is 0 Å². The Morgan fingerprint density at radius 3 is 2.08 bits per heavy atom. The quantitative estimate of drug-likeness (QED) is 0.503. The molecule has 0 aliphatic rings. The summed E-state index contributed by atoms with van der Waals surface area (Å²) in [4.78, 5) is 4.10. The van der Waals surface area contributed by atoms with E-state index in [4.69, 9.17) is 5.73 Å². The van der Waals surface area contributed by atoms with Gasteiger partial charge < -0.3 is 5.73 Å². The van der Waals surface area contributed by atoms with Gasteiger partial charge in [-0.2, -0.15) is 0 Å².